The molecule has 1 aliphatic carbocycles. The number of piperidine rings is 1. The number of rotatable bonds is 4. The normalized spacial score (nSPS) is 23.9. The maximum Gasteiger partial charge on any atom is 0.301 e. The van der Waals surface area contributed by atoms with Crippen LogP contribution < -0.4 is 31.6 Å². The molecular weight excluding hydrogens is 540 g/mol. The van der Waals surface area contributed by atoms with Crippen molar-refractivity contribution in [3.8, 4) is 11.8 Å². The summed E-state index contributed by atoms with van der Waals surface area (Å²) in [5, 5.41) is 16.8. The second-order valence-electron chi connectivity index (χ2n) is 11.2. The molecule has 0 radical (unpaired) electrons. The second-order valence-corrected chi connectivity index (χ2v) is 11.6. The number of pyridine rings is 2. The standard InChI is InChI=1S/C28H30ClF2N7O2/c1-14-7-17(33)12-38(11-14)26-16(10-32)8-20(29)25(36-26)34-18-5-6-21-19(9-18)22-23(27(39)37(21)2)40-13-28(30,31)24(35-22)15-3-4-15/h5-6,8-9,14-15,17,24,35H,3-4,7,11-13,33H2,1-2H3,(H,34,36)/t14?,17?,24-/m0/s1. The quantitative estimate of drug-likeness (QED) is 0.417. The number of hydrogen-bond acceptors (Lipinski definition) is 8. The molecule has 6 rings (SSSR count). The van der Waals surface area contributed by atoms with E-state index in [0.29, 0.717) is 65.6 Å². The van der Waals surface area contributed by atoms with Gasteiger partial charge < -0.3 is 30.6 Å². The average molecular weight is 570 g/mol. The summed E-state index contributed by atoms with van der Waals surface area (Å²) in [5.41, 5.74) is 7.49. The Kier molecular flexibility index (Phi) is 6.50. The zero-order chi connectivity index (χ0) is 28.3. The fourth-order valence-corrected chi connectivity index (χ4v) is 6.08. The first-order valence-electron chi connectivity index (χ1n) is 13.4. The van der Waals surface area contributed by atoms with Gasteiger partial charge in [0.05, 0.1) is 27.8 Å². The van der Waals surface area contributed by atoms with E-state index in [4.69, 9.17) is 27.1 Å². The lowest BCUT2D eigenvalue weighted by atomic mass is 9.96. The molecule has 1 saturated carbocycles. The van der Waals surface area contributed by atoms with Gasteiger partial charge in [0, 0.05) is 37.3 Å². The Morgan fingerprint density at radius 2 is 2.08 bits per heavy atom. The molecule has 4 N–H and O–H groups in total. The lowest BCUT2D eigenvalue weighted by molar-refractivity contribution is -0.0579. The van der Waals surface area contributed by atoms with Crippen LogP contribution in [0.2, 0.25) is 5.02 Å². The first-order chi connectivity index (χ1) is 19.1. The minimum Gasteiger partial charge on any atom is -0.480 e. The highest BCUT2D eigenvalue weighted by molar-refractivity contribution is 6.33. The van der Waals surface area contributed by atoms with Crippen LogP contribution in [0, 0.1) is 23.2 Å². The number of benzene rings is 1. The highest BCUT2D eigenvalue weighted by Crippen LogP contribution is 2.45. The third-order valence-corrected chi connectivity index (χ3v) is 8.23. The number of nitriles is 1. The summed E-state index contributed by atoms with van der Waals surface area (Å²) in [7, 11) is 1.58. The molecule has 2 aromatic heterocycles. The number of aryl methyl sites for hydroxylation is 1. The minimum atomic E-state index is -3.13. The molecule has 2 aliphatic heterocycles. The fraction of sp³-hybridized carbons (Fsp3) is 0.464. The largest absolute Gasteiger partial charge is 0.480 e. The van der Waals surface area contributed by atoms with Gasteiger partial charge in [-0.25, -0.2) is 13.8 Å². The number of nitrogens with two attached hydrogens (primary N) is 1. The Morgan fingerprint density at radius 1 is 1.30 bits per heavy atom. The van der Waals surface area contributed by atoms with E-state index in [1.54, 1.807) is 31.3 Å². The van der Waals surface area contributed by atoms with Gasteiger partial charge in [0.1, 0.15) is 11.9 Å². The number of nitrogens with zero attached hydrogens (tertiary/aromatic N) is 4. The lowest BCUT2D eigenvalue weighted by Gasteiger charge is -2.36. The molecule has 2 fully saturated rings. The van der Waals surface area contributed by atoms with Gasteiger partial charge in [-0.1, -0.05) is 18.5 Å². The summed E-state index contributed by atoms with van der Waals surface area (Å²) in [5.74, 6) is -2.26. The zero-order valence-electron chi connectivity index (χ0n) is 22.2. The maximum atomic E-state index is 15.0. The van der Waals surface area contributed by atoms with E-state index in [9.17, 15) is 18.8 Å². The van der Waals surface area contributed by atoms with Crippen LogP contribution in [0.3, 0.4) is 0 Å². The van der Waals surface area contributed by atoms with Gasteiger partial charge in [0.25, 0.3) is 5.56 Å². The van der Waals surface area contributed by atoms with Crippen molar-refractivity contribution in [2.45, 2.75) is 44.2 Å². The number of alkyl halides is 2. The van der Waals surface area contributed by atoms with Crippen molar-refractivity contribution >= 4 is 45.5 Å². The van der Waals surface area contributed by atoms with Crippen LogP contribution in [0.1, 0.15) is 31.7 Å². The summed E-state index contributed by atoms with van der Waals surface area (Å²) in [4.78, 5) is 19.8. The summed E-state index contributed by atoms with van der Waals surface area (Å²) >= 11 is 6.54. The summed E-state index contributed by atoms with van der Waals surface area (Å²) in [6.45, 7) is 2.53. The monoisotopic (exact) mass is 569 g/mol. The predicted molar refractivity (Wildman–Crippen MR) is 151 cm³/mol. The Balaban J connectivity index is 1.41. The summed E-state index contributed by atoms with van der Waals surface area (Å²) in [6, 6.07) is 7.84. The molecule has 4 heterocycles. The van der Waals surface area contributed by atoms with Crippen LogP contribution in [0.5, 0.6) is 5.75 Å². The van der Waals surface area contributed by atoms with E-state index in [1.165, 1.54) is 4.57 Å². The van der Waals surface area contributed by atoms with Gasteiger partial charge in [0.2, 0.25) is 5.75 Å². The number of halogens is 3. The molecule has 0 bridgehead atoms. The van der Waals surface area contributed by atoms with Crippen molar-refractivity contribution in [3.63, 3.8) is 0 Å². The Labute approximate surface area is 234 Å². The van der Waals surface area contributed by atoms with Gasteiger partial charge in [-0.15, -0.1) is 0 Å². The number of nitrogens with one attached hydrogen (secondary N) is 2. The minimum absolute atomic E-state index is 0.0341. The van der Waals surface area contributed by atoms with Crippen LogP contribution in [0.15, 0.2) is 29.1 Å². The maximum absolute atomic E-state index is 15.0. The molecular formula is C28H30ClF2N7O2. The molecule has 1 saturated heterocycles. The van der Waals surface area contributed by atoms with Crippen LogP contribution >= 0.6 is 11.6 Å². The molecule has 12 heteroatoms. The summed E-state index contributed by atoms with van der Waals surface area (Å²) < 4.78 is 36.8. The number of anilines is 4. The smallest absolute Gasteiger partial charge is 0.301 e. The number of ether oxygens (including phenoxy) is 1. The van der Waals surface area contributed by atoms with Crippen molar-refractivity contribution in [1.82, 2.24) is 9.55 Å². The van der Waals surface area contributed by atoms with E-state index in [1.807, 2.05) is 4.90 Å². The van der Waals surface area contributed by atoms with Gasteiger partial charge in [0.15, 0.2) is 12.4 Å². The number of fused-ring (bicyclic) bond motifs is 3. The molecule has 210 valence electrons. The topological polar surface area (TPSA) is 121 Å². The van der Waals surface area contributed by atoms with E-state index in [2.05, 4.69) is 23.6 Å². The molecule has 3 aliphatic rings. The van der Waals surface area contributed by atoms with Crippen LogP contribution in [0.25, 0.3) is 10.9 Å². The fourth-order valence-electron chi connectivity index (χ4n) is 5.89. The van der Waals surface area contributed by atoms with Crippen LogP contribution in [-0.2, 0) is 7.05 Å². The van der Waals surface area contributed by atoms with E-state index >= 15 is 0 Å². The first kappa shape index (κ1) is 26.6. The number of hydrogen-bond donors (Lipinski definition) is 3. The van der Waals surface area contributed by atoms with Gasteiger partial charge in [-0.3, -0.25) is 4.79 Å². The average Bonchev–Trinajstić information content (AvgIpc) is 3.75. The SMILES string of the molecule is CC1CC(N)CN(c2nc(Nc3ccc4c(c3)c3c(c(=O)n4C)OCC(F)(F)[C@H](C4CC4)N3)c(Cl)cc2C#N)C1. The highest BCUT2D eigenvalue weighted by atomic mass is 35.5. The Bertz CT molecular complexity index is 1590. The van der Waals surface area contributed by atoms with Crippen molar-refractivity contribution in [1.29, 1.82) is 5.26 Å². The molecule has 0 spiro atoms. The Morgan fingerprint density at radius 3 is 2.77 bits per heavy atom. The van der Waals surface area contributed by atoms with Crippen LogP contribution in [-0.4, -0.2) is 47.3 Å². The Hall–Kier alpha value is -3.62. The van der Waals surface area contributed by atoms with Gasteiger partial charge in [-0.2, -0.15) is 5.26 Å². The van der Waals surface area contributed by atoms with Crippen molar-refractivity contribution in [3.05, 3.63) is 45.2 Å². The molecule has 9 nitrogen and oxygen atoms in total. The first-order valence-corrected chi connectivity index (χ1v) is 13.8. The zero-order valence-corrected chi connectivity index (χ0v) is 22.9. The van der Waals surface area contributed by atoms with Gasteiger partial charge in [-0.05, 0) is 55.4 Å². The van der Waals surface area contributed by atoms with E-state index in [-0.39, 0.29) is 28.4 Å². The third-order valence-electron chi connectivity index (χ3n) is 7.94. The van der Waals surface area contributed by atoms with Crippen molar-refractivity contribution < 1.29 is 13.5 Å². The molecule has 40 heavy (non-hydrogen) atoms. The number of aromatic nitrogens is 2. The third kappa shape index (κ3) is 4.69. The van der Waals surface area contributed by atoms with E-state index < -0.39 is 24.1 Å². The van der Waals surface area contributed by atoms with E-state index in [0.717, 1.165) is 6.42 Å². The second kappa shape index (κ2) is 9.78. The molecule has 1 aromatic carbocycles. The molecule has 3 atom stereocenters. The predicted octanol–water partition coefficient (Wildman–Crippen LogP) is 4.59. The lowest BCUT2D eigenvalue weighted by Crippen LogP contribution is -2.47. The van der Waals surface area contributed by atoms with Crippen LogP contribution in [0.4, 0.5) is 31.8 Å². The molecule has 3 aromatic rings. The molecule has 2 unspecified atom stereocenters. The van der Waals surface area contributed by atoms with Gasteiger partial charge >= 0.3 is 5.92 Å². The van der Waals surface area contributed by atoms with Crippen molar-refractivity contribution in [2.24, 2.45) is 24.6 Å². The summed E-state index contributed by atoms with van der Waals surface area (Å²) in [6.07, 6.45) is 2.29. The highest BCUT2D eigenvalue weighted by Gasteiger charge is 2.51. The van der Waals surface area contributed by atoms with Crippen molar-refractivity contribution in [2.75, 3.05) is 35.2 Å². The molecule has 0 amide bonds.